The Morgan fingerprint density at radius 2 is 2.27 bits per heavy atom. The van der Waals surface area contributed by atoms with Crippen molar-refractivity contribution in [3.63, 3.8) is 0 Å². The first-order chi connectivity index (χ1) is 5.27. The Balaban J connectivity index is 2.98. The molecule has 2 heterocycles. The van der Waals surface area contributed by atoms with Gasteiger partial charge in [0.25, 0.3) is 0 Å². The molecule has 0 spiro atoms. The molecule has 0 unspecified atom stereocenters. The maximum atomic E-state index is 10.9. The predicted octanol–water partition coefficient (Wildman–Crippen LogP) is 1.90. The van der Waals surface area contributed by atoms with Crippen molar-refractivity contribution < 1.29 is 0 Å². The Morgan fingerprint density at radius 1 is 1.45 bits per heavy atom. The first kappa shape index (κ1) is 6.61. The van der Waals surface area contributed by atoms with Gasteiger partial charge in [0.1, 0.15) is 0 Å². The fraction of sp³-hybridized carbons (Fsp3) is 0.125. The van der Waals surface area contributed by atoms with Crippen LogP contribution in [0.2, 0.25) is 0 Å². The van der Waals surface area contributed by atoms with Crippen molar-refractivity contribution >= 4 is 22.2 Å². The summed E-state index contributed by atoms with van der Waals surface area (Å²) in [7, 11) is 0. The quantitative estimate of drug-likeness (QED) is 0.635. The molecule has 0 radical (unpaired) electrons. The molecule has 0 amide bonds. The molecule has 0 bridgehead atoms. The lowest BCUT2D eigenvalue weighted by atomic mass is 10.3. The monoisotopic (exact) mass is 165 g/mol. The lowest BCUT2D eigenvalue weighted by molar-refractivity contribution is 1.30. The summed E-state index contributed by atoms with van der Waals surface area (Å²) in [4.78, 5) is 14.8. The Bertz CT molecular complexity index is 441. The third kappa shape index (κ3) is 0.973. The zero-order valence-corrected chi connectivity index (χ0v) is 6.87. The molecule has 0 aromatic carbocycles. The highest BCUT2D eigenvalue weighted by Crippen LogP contribution is 2.20. The van der Waals surface area contributed by atoms with Crippen molar-refractivity contribution in [1.29, 1.82) is 0 Å². The number of H-pyrrole nitrogens is 1. The van der Waals surface area contributed by atoms with E-state index >= 15 is 0 Å². The maximum Gasteiger partial charge on any atom is 0.248 e. The number of hydrogen-bond acceptors (Lipinski definition) is 2. The van der Waals surface area contributed by atoms with Gasteiger partial charge in [-0.1, -0.05) is 0 Å². The number of aromatic nitrogens is 1. The molecule has 0 aliphatic heterocycles. The van der Waals surface area contributed by atoms with E-state index in [0.29, 0.717) is 0 Å². The van der Waals surface area contributed by atoms with Gasteiger partial charge >= 0.3 is 0 Å². The summed E-state index contributed by atoms with van der Waals surface area (Å²) in [6, 6.07) is 3.40. The average molecular weight is 165 g/mol. The van der Waals surface area contributed by atoms with Crippen LogP contribution >= 0.6 is 11.3 Å². The van der Waals surface area contributed by atoms with E-state index in [4.69, 9.17) is 0 Å². The number of thiophene rings is 1. The van der Waals surface area contributed by atoms with Crippen molar-refractivity contribution in [2.24, 2.45) is 0 Å². The van der Waals surface area contributed by atoms with E-state index in [-0.39, 0.29) is 5.56 Å². The number of pyridine rings is 1. The van der Waals surface area contributed by atoms with Crippen LogP contribution in [0.5, 0.6) is 0 Å². The molecule has 0 aliphatic carbocycles. The van der Waals surface area contributed by atoms with Crippen molar-refractivity contribution in [3.8, 4) is 0 Å². The summed E-state index contributed by atoms with van der Waals surface area (Å²) in [5.41, 5.74) is 0.946. The lowest BCUT2D eigenvalue weighted by Gasteiger charge is -1.88. The first-order valence-corrected chi connectivity index (χ1v) is 4.22. The number of nitrogens with one attached hydrogen (secondary N) is 1. The molecule has 56 valence electrons. The van der Waals surface area contributed by atoms with Crippen molar-refractivity contribution in [2.75, 3.05) is 0 Å². The predicted molar refractivity (Wildman–Crippen MR) is 47.2 cm³/mol. The number of rotatable bonds is 0. The van der Waals surface area contributed by atoms with Gasteiger partial charge in [0.15, 0.2) is 0 Å². The Morgan fingerprint density at radius 3 is 3.09 bits per heavy atom. The first-order valence-electron chi connectivity index (χ1n) is 3.34. The highest BCUT2D eigenvalue weighted by atomic mass is 32.1. The highest BCUT2D eigenvalue weighted by molar-refractivity contribution is 7.11. The van der Waals surface area contributed by atoms with Gasteiger partial charge in [-0.2, -0.15) is 0 Å². The van der Waals surface area contributed by atoms with Gasteiger partial charge < -0.3 is 4.98 Å². The third-order valence-corrected chi connectivity index (χ3v) is 2.60. The van der Waals surface area contributed by atoms with Crippen LogP contribution in [-0.4, -0.2) is 4.98 Å². The van der Waals surface area contributed by atoms with Crippen LogP contribution in [0, 0.1) is 6.92 Å². The molecule has 0 atom stereocenters. The Labute approximate surface area is 67.5 Å². The number of aryl methyl sites for hydroxylation is 1. The van der Waals surface area contributed by atoms with E-state index in [1.807, 2.05) is 18.4 Å². The van der Waals surface area contributed by atoms with Crippen LogP contribution in [0.1, 0.15) is 4.88 Å². The van der Waals surface area contributed by atoms with E-state index in [1.165, 1.54) is 0 Å². The molecule has 2 nitrogen and oxygen atoms in total. The fourth-order valence-electron chi connectivity index (χ4n) is 1.09. The Hall–Kier alpha value is -1.09. The summed E-state index contributed by atoms with van der Waals surface area (Å²) >= 11 is 1.66. The highest BCUT2D eigenvalue weighted by Gasteiger charge is 1.98. The second-order valence-electron chi connectivity index (χ2n) is 2.44. The summed E-state index contributed by atoms with van der Waals surface area (Å²) in [6.07, 6.45) is 0. The van der Waals surface area contributed by atoms with Gasteiger partial charge in [-0.3, -0.25) is 4.79 Å². The molecule has 2 rings (SSSR count). The summed E-state index contributed by atoms with van der Waals surface area (Å²) in [6.45, 7) is 2.00. The molecule has 1 N–H and O–H groups in total. The van der Waals surface area contributed by atoms with E-state index in [9.17, 15) is 4.79 Å². The zero-order chi connectivity index (χ0) is 7.84. The van der Waals surface area contributed by atoms with Gasteiger partial charge in [0.2, 0.25) is 5.56 Å². The molecular weight excluding hydrogens is 158 g/mol. The van der Waals surface area contributed by atoms with Crippen LogP contribution in [0.25, 0.3) is 10.9 Å². The van der Waals surface area contributed by atoms with Crippen molar-refractivity contribution in [2.45, 2.75) is 6.92 Å². The van der Waals surface area contributed by atoms with Crippen LogP contribution in [0.15, 0.2) is 22.3 Å². The minimum Gasteiger partial charge on any atom is -0.321 e. The van der Waals surface area contributed by atoms with Crippen molar-refractivity contribution in [3.05, 3.63) is 32.7 Å². The largest absolute Gasteiger partial charge is 0.321 e. The SMILES string of the molecule is Cc1scc2ccc(=O)[nH]c12. The van der Waals surface area contributed by atoms with Gasteiger partial charge in [0, 0.05) is 21.7 Å². The standard InChI is InChI=1S/C8H7NOS/c1-5-8-6(4-11-5)2-3-7(10)9-8/h2-4H,1H3,(H,9,10). The summed E-state index contributed by atoms with van der Waals surface area (Å²) < 4.78 is 0. The van der Waals surface area contributed by atoms with Crippen LogP contribution < -0.4 is 5.56 Å². The van der Waals surface area contributed by atoms with Crippen LogP contribution in [-0.2, 0) is 0 Å². The molecule has 0 saturated carbocycles. The minimum atomic E-state index is -0.0287. The topological polar surface area (TPSA) is 32.9 Å². The molecule has 0 aliphatic rings. The smallest absolute Gasteiger partial charge is 0.248 e. The average Bonchev–Trinajstić information content (AvgIpc) is 2.33. The molecule has 0 fully saturated rings. The van der Waals surface area contributed by atoms with Gasteiger partial charge in [-0.05, 0) is 13.0 Å². The molecule has 11 heavy (non-hydrogen) atoms. The third-order valence-electron chi connectivity index (χ3n) is 1.67. The fourth-order valence-corrected chi connectivity index (χ4v) is 1.87. The summed E-state index contributed by atoms with van der Waals surface area (Å²) in [5.74, 6) is 0. The van der Waals surface area contributed by atoms with Crippen LogP contribution in [0.3, 0.4) is 0 Å². The second kappa shape index (κ2) is 2.20. The van der Waals surface area contributed by atoms with Gasteiger partial charge in [-0.15, -0.1) is 11.3 Å². The number of aromatic amines is 1. The van der Waals surface area contributed by atoms with Crippen LogP contribution in [0.4, 0.5) is 0 Å². The maximum absolute atomic E-state index is 10.9. The Kier molecular flexibility index (Phi) is 1.32. The molecule has 0 saturated heterocycles. The van der Waals surface area contributed by atoms with E-state index in [0.717, 1.165) is 15.8 Å². The van der Waals surface area contributed by atoms with Gasteiger partial charge in [0.05, 0.1) is 5.52 Å². The zero-order valence-electron chi connectivity index (χ0n) is 6.05. The number of fused-ring (bicyclic) bond motifs is 1. The normalized spacial score (nSPS) is 10.6. The molecular formula is C8H7NOS. The molecule has 2 aromatic heterocycles. The second-order valence-corrected chi connectivity index (χ2v) is 3.53. The minimum absolute atomic E-state index is 0.0287. The lowest BCUT2D eigenvalue weighted by Crippen LogP contribution is -2.01. The molecule has 3 heteroatoms. The van der Waals surface area contributed by atoms with E-state index < -0.39 is 0 Å². The van der Waals surface area contributed by atoms with E-state index in [2.05, 4.69) is 4.98 Å². The van der Waals surface area contributed by atoms with Crippen molar-refractivity contribution in [1.82, 2.24) is 4.98 Å². The molecule has 2 aromatic rings. The summed E-state index contributed by atoms with van der Waals surface area (Å²) in [5, 5.41) is 3.16. The van der Waals surface area contributed by atoms with E-state index in [1.54, 1.807) is 17.4 Å². The van der Waals surface area contributed by atoms with Gasteiger partial charge in [-0.25, -0.2) is 0 Å². The number of hydrogen-bond donors (Lipinski definition) is 1.